The summed E-state index contributed by atoms with van der Waals surface area (Å²) < 4.78 is 1.91. The number of halogens is 1. The molecule has 6 nitrogen and oxygen atoms in total. The zero-order chi connectivity index (χ0) is 13.3. The Bertz CT molecular complexity index is 539. The molecule has 0 saturated heterocycles. The van der Waals surface area contributed by atoms with Crippen molar-refractivity contribution in [1.82, 2.24) is 9.55 Å². The monoisotopic (exact) mass is 366 g/mol. The van der Waals surface area contributed by atoms with Gasteiger partial charge in [0.15, 0.2) is 0 Å². The van der Waals surface area contributed by atoms with Gasteiger partial charge in [-0.1, -0.05) is 0 Å². The first-order chi connectivity index (χ1) is 8.58. The molecule has 0 radical (unpaired) electrons. The fourth-order valence-corrected chi connectivity index (χ4v) is 3.11. The van der Waals surface area contributed by atoms with Crippen LogP contribution in [0.5, 0.6) is 0 Å². The summed E-state index contributed by atoms with van der Waals surface area (Å²) in [5.74, 6) is -0.133. The van der Waals surface area contributed by atoms with Crippen LogP contribution < -0.4 is 11.2 Å². The van der Waals surface area contributed by atoms with E-state index in [0.717, 1.165) is 12.8 Å². The molecular weight excluding hydrogens is 351 g/mol. The van der Waals surface area contributed by atoms with Gasteiger partial charge in [-0.15, -0.1) is 0 Å². The van der Waals surface area contributed by atoms with Gasteiger partial charge in [-0.25, -0.2) is 4.79 Å². The van der Waals surface area contributed by atoms with Crippen molar-refractivity contribution in [2.24, 2.45) is 11.8 Å². The summed E-state index contributed by atoms with van der Waals surface area (Å²) in [7, 11) is 0. The number of nitrogens with zero attached hydrogens (tertiary/aromatic N) is 1. The van der Waals surface area contributed by atoms with Crippen molar-refractivity contribution >= 4 is 22.6 Å². The lowest BCUT2D eigenvalue weighted by Crippen LogP contribution is -2.36. The van der Waals surface area contributed by atoms with Gasteiger partial charge >= 0.3 is 5.69 Å². The van der Waals surface area contributed by atoms with Gasteiger partial charge < -0.3 is 10.2 Å². The van der Waals surface area contributed by atoms with Crippen LogP contribution >= 0.6 is 22.6 Å². The molecule has 1 aliphatic rings. The SMILES string of the molecule is O=c1[nH]c(=O)n(C2CCC(CO)C2CO)cc1I. The molecule has 1 heterocycles. The van der Waals surface area contributed by atoms with E-state index < -0.39 is 11.2 Å². The Hall–Kier alpha value is -0.670. The Labute approximate surface area is 117 Å². The summed E-state index contributed by atoms with van der Waals surface area (Å²) in [5, 5.41) is 18.7. The average Bonchev–Trinajstić information content (AvgIpc) is 2.76. The first-order valence-electron chi connectivity index (χ1n) is 5.81. The summed E-state index contributed by atoms with van der Waals surface area (Å²) >= 11 is 1.87. The molecule has 18 heavy (non-hydrogen) atoms. The Morgan fingerprint density at radius 2 is 2.06 bits per heavy atom. The number of aromatic nitrogens is 2. The van der Waals surface area contributed by atoms with E-state index in [-0.39, 0.29) is 31.1 Å². The normalized spacial score (nSPS) is 27.6. The molecule has 1 aromatic rings. The molecule has 7 heteroatoms. The van der Waals surface area contributed by atoms with Crippen LogP contribution in [0.4, 0.5) is 0 Å². The van der Waals surface area contributed by atoms with Crippen LogP contribution in [-0.2, 0) is 0 Å². The lowest BCUT2D eigenvalue weighted by atomic mass is 9.95. The summed E-state index contributed by atoms with van der Waals surface area (Å²) in [4.78, 5) is 25.4. The van der Waals surface area contributed by atoms with E-state index in [1.54, 1.807) is 0 Å². The number of hydrogen-bond donors (Lipinski definition) is 3. The summed E-state index contributed by atoms with van der Waals surface area (Å²) in [6.45, 7) is -0.0606. The smallest absolute Gasteiger partial charge is 0.328 e. The van der Waals surface area contributed by atoms with Crippen LogP contribution in [-0.4, -0.2) is 33.0 Å². The first kappa shape index (κ1) is 13.8. The molecule has 2 rings (SSSR count). The Kier molecular flexibility index (Phi) is 4.23. The van der Waals surface area contributed by atoms with E-state index in [1.165, 1.54) is 10.8 Å². The van der Waals surface area contributed by atoms with Gasteiger partial charge in [0, 0.05) is 31.4 Å². The minimum Gasteiger partial charge on any atom is -0.396 e. The topological polar surface area (TPSA) is 95.3 Å². The van der Waals surface area contributed by atoms with E-state index in [1.807, 2.05) is 22.6 Å². The second-order valence-corrected chi connectivity index (χ2v) is 5.74. The van der Waals surface area contributed by atoms with Crippen LogP contribution in [0.1, 0.15) is 18.9 Å². The lowest BCUT2D eigenvalue weighted by Gasteiger charge is -2.23. The Morgan fingerprint density at radius 1 is 1.33 bits per heavy atom. The third-order valence-corrected chi connectivity index (χ3v) is 4.43. The molecule has 1 fully saturated rings. The molecule has 0 aliphatic heterocycles. The summed E-state index contributed by atoms with van der Waals surface area (Å²) in [5.41, 5.74) is -0.850. The number of H-pyrrole nitrogens is 1. The maximum absolute atomic E-state index is 11.8. The van der Waals surface area contributed by atoms with Crippen molar-refractivity contribution in [2.45, 2.75) is 18.9 Å². The van der Waals surface area contributed by atoms with Crippen molar-refractivity contribution < 1.29 is 10.2 Å². The van der Waals surface area contributed by atoms with Gasteiger partial charge in [-0.2, -0.15) is 0 Å². The third kappa shape index (κ3) is 2.39. The zero-order valence-corrected chi connectivity index (χ0v) is 11.8. The van der Waals surface area contributed by atoms with Crippen molar-refractivity contribution in [3.63, 3.8) is 0 Å². The van der Waals surface area contributed by atoms with Gasteiger partial charge in [0.2, 0.25) is 0 Å². The van der Waals surface area contributed by atoms with E-state index in [0.29, 0.717) is 3.57 Å². The molecule has 1 aromatic heterocycles. The minimum atomic E-state index is -0.456. The quantitative estimate of drug-likeness (QED) is 0.640. The van der Waals surface area contributed by atoms with Crippen LogP contribution in [0.15, 0.2) is 15.8 Å². The number of aliphatic hydroxyl groups excluding tert-OH is 2. The predicted octanol–water partition coefficient (Wildman–Crippen LogP) is -0.307. The van der Waals surface area contributed by atoms with E-state index in [4.69, 9.17) is 0 Å². The summed E-state index contributed by atoms with van der Waals surface area (Å²) in [6, 6.07) is -0.162. The molecule has 0 bridgehead atoms. The molecule has 0 spiro atoms. The molecule has 100 valence electrons. The van der Waals surface area contributed by atoms with Gasteiger partial charge in [-0.05, 0) is 41.4 Å². The third-order valence-electron chi connectivity index (χ3n) is 3.66. The van der Waals surface area contributed by atoms with Crippen LogP contribution in [0.25, 0.3) is 0 Å². The Balaban J connectivity index is 2.40. The van der Waals surface area contributed by atoms with Crippen molar-refractivity contribution in [3.05, 3.63) is 30.6 Å². The summed E-state index contributed by atoms with van der Waals surface area (Å²) in [6.07, 6.45) is 3.02. The first-order valence-corrected chi connectivity index (χ1v) is 6.89. The van der Waals surface area contributed by atoms with Gasteiger partial charge in [0.05, 0.1) is 3.57 Å². The fraction of sp³-hybridized carbons (Fsp3) is 0.636. The molecule has 3 N–H and O–H groups in total. The fourth-order valence-electron chi connectivity index (χ4n) is 2.68. The van der Waals surface area contributed by atoms with E-state index in [9.17, 15) is 19.8 Å². The highest BCUT2D eigenvalue weighted by Crippen LogP contribution is 2.39. The number of hydrogen-bond acceptors (Lipinski definition) is 4. The molecule has 3 atom stereocenters. The number of rotatable bonds is 3. The van der Waals surface area contributed by atoms with Crippen LogP contribution in [0, 0.1) is 15.4 Å². The molecule has 3 unspecified atom stereocenters. The molecule has 1 saturated carbocycles. The standard InChI is InChI=1S/C11H15IN2O4/c12-8-3-14(11(18)13-10(8)17)9-2-1-6(4-15)7(9)5-16/h3,6-7,9,15-16H,1-2,4-5H2,(H,13,17,18). The van der Waals surface area contributed by atoms with Crippen molar-refractivity contribution in [3.8, 4) is 0 Å². The van der Waals surface area contributed by atoms with Gasteiger partial charge in [0.1, 0.15) is 0 Å². The predicted molar refractivity (Wildman–Crippen MR) is 73.5 cm³/mol. The largest absolute Gasteiger partial charge is 0.396 e. The van der Waals surface area contributed by atoms with Crippen molar-refractivity contribution in [1.29, 1.82) is 0 Å². The number of aliphatic hydroxyl groups is 2. The lowest BCUT2D eigenvalue weighted by molar-refractivity contribution is 0.119. The minimum absolute atomic E-state index is 0.0106. The van der Waals surface area contributed by atoms with Crippen molar-refractivity contribution in [2.75, 3.05) is 13.2 Å². The highest BCUT2D eigenvalue weighted by atomic mass is 127. The molecule has 0 aromatic carbocycles. The van der Waals surface area contributed by atoms with Gasteiger partial charge in [-0.3, -0.25) is 14.3 Å². The van der Waals surface area contributed by atoms with Crippen LogP contribution in [0.2, 0.25) is 0 Å². The molecular formula is C11H15IN2O4. The Morgan fingerprint density at radius 3 is 2.67 bits per heavy atom. The van der Waals surface area contributed by atoms with E-state index in [2.05, 4.69) is 4.98 Å². The van der Waals surface area contributed by atoms with Gasteiger partial charge in [0.25, 0.3) is 5.56 Å². The highest BCUT2D eigenvalue weighted by Gasteiger charge is 2.36. The maximum atomic E-state index is 11.8. The second-order valence-electron chi connectivity index (χ2n) is 4.58. The molecule has 1 aliphatic carbocycles. The zero-order valence-electron chi connectivity index (χ0n) is 9.67. The second kappa shape index (κ2) is 5.54. The maximum Gasteiger partial charge on any atom is 0.328 e. The van der Waals surface area contributed by atoms with Crippen LogP contribution in [0.3, 0.4) is 0 Å². The number of aromatic amines is 1. The number of nitrogens with one attached hydrogen (secondary N) is 1. The average molecular weight is 366 g/mol. The molecule has 0 amide bonds. The highest BCUT2D eigenvalue weighted by molar-refractivity contribution is 14.1. The van der Waals surface area contributed by atoms with E-state index >= 15 is 0 Å².